The number of likely N-dealkylation sites (tertiary alicyclic amines) is 1. The molecule has 3 rings (SSSR count). The van der Waals surface area contributed by atoms with E-state index < -0.39 is 0 Å². The van der Waals surface area contributed by atoms with Crippen LogP contribution < -0.4 is 10.2 Å². The second-order valence-electron chi connectivity index (χ2n) is 7.87. The lowest BCUT2D eigenvalue weighted by molar-refractivity contribution is -0.122. The summed E-state index contributed by atoms with van der Waals surface area (Å²) in [6.45, 7) is 3.47. The quantitative estimate of drug-likeness (QED) is 0.657. The van der Waals surface area contributed by atoms with Crippen molar-refractivity contribution in [2.75, 3.05) is 29.9 Å². The van der Waals surface area contributed by atoms with Gasteiger partial charge >= 0.3 is 0 Å². The van der Waals surface area contributed by atoms with E-state index in [4.69, 9.17) is 5.26 Å². The van der Waals surface area contributed by atoms with Crippen molar-refractivity contribution in [1.29, 1.82) is 5.26 Å². The van der Waals surface area contributed by atoms with Crippen molar-refractivity contribution < 1.29 is 9.59 Å². The lowest BCUT2D eigenvalue weighted by atomic mass is 10.1. The Bertz CT molecular complexity index is 901. The summed E-state index contributed by atoms with van der Waals surface area (Å²) in [7, 11) is 0. The Morgan fingerprint density at radius 1 is 1.00 bits per heavy atom. The SMILES string of the molecule is N#CCCN(C(=O)CCC(=O)Nc1cccc(CN2CCCCC2)c1)c1ccccc1. The van der Waals surface area contributed by atoms with Gasteiger partial charge < -0.3 is 10.2 Å². The highest BCUT2D eigenvalue weighted by Crippen LogP contribution is 2.18. The molecule has 0 spiro atoms. The lowest BCUT2D eigenvalue weighted by Gasteiger charge is -2.26. The van der Waals surface area contributed by atoms with Gasteiger partial charge in [-0.1, -0.05) is 36.8 Å². The molecule has 1 N–H and O–H groups in total. The summed E-state index contributed by atoms with van der Waals surface area (Å²) in [6.07, 6.45) is 4.25. The Morgan fingerprint density at radius 2 is 1.77 bits per heavy atom. The number of rotatable bonds is 9. The van der Waals surface area contributed by atoms with Crippen LogP contribution in [0.15, 0.2) is 54.6 Å². The van der Waals surface area contributed by atoms with Gasteiger partial charge in [0.1, 0.15) is 0 Å². The number of piperidine rings is 1. The highest BCUT2D eigenvalue weighted by Gasteiger charge is 2.17. The van der Waals surface area contributed by atoms with Crippen molar-refractivity contribution in [2.24, 2.45) is 0 Å². The van der Waals surface area contributed by atoms with Crippen molar-refractivity contribution in [3.8, 4) is 6.07 Å². The molecule has 0 bridgehead atoms. The molecule has 0 aliphatic carbocycles. The van der Waals surface area contributed by atoms with Gasteiger partial charge in [-0.25, -0.2) is 0 Å². The molecule has 6 nitrogen and oxygen atoms in total. The Morgan fingerprint density at radius 3 is 2.52 bits per heavy atom. The lowest BCUT2D eigenvalue weighted by Crippen LogP contribution is -2.32. The van der Waals surface area contributed by atoms with Crippen LogP contribution in [0, 0.1) is 11.3 Å². The van der Waals surface area contributed by atoms with Gasteiger partial charge in [-0.15, -0.1) is 0 Å². The van der Waals surface area contributed by atoms with E-state index in [-0.39, 0.29) is 31.1 Å². The van der Waals surface area contributed by atoms with Crippen LogP contribution in [0.1, 0.15) is 44.1 Å². The molecule has 0 atom stereocenters. The fourth-order valence-corrected chi connectivity index (χ4v) is 3.87. The second kappa shape index (κ2) is 11.9. The predicted molar refractivity (Wildman–Crippen MR) is 122 cm³/mol. The minimum Gasteiger partial charge on any atom is -0.326 e. The van der Waals surface area contributed by atoms with Crippen LogP contribution in [-0.2, 0) is 16.1 Å². The fourth-order valence-electron chi connectivity index (χ4n) is 3.87. The first-order chi connectivity index (χ1) is 15.2. The average Bonchev–Trinajstić information content (AvgIpc) is 2.79. The van der Waals surface area contributed by atoms with Gasteiger partial charge in [-0.3, -0.25) is 14.5 Å². The Hall–Kier alpha value is -3.17. The minimum atomic E-state index is -0.184. The summed E-state index contributed by atoms with van der Waals surface area (Å²) in [4.78, 5) is 29.2. The fraction of sp³-hybridized carbons (Fsp3) is 0.400. The number of nitrogens with one attached hydrogen (secondary N) is 1. The molecule has 0 saturated carbocycles. The van der Waals surface area contributed by atoms with Crippen molar-refractivity contribution in [2.45, 2.75) is 45.1 Å². The van der Waals surface area contributed by atoms with Gasteiger partial charge in [0.15, 0.2) is 0 Å². The molecule has 0 radical (unpaired) electrons. The largest absolute Gasteiger partial charge is 0.326 e. The maximum Gasteiger partial charge on any atom is 0.227 e. The number of amides is 2. The van der Waals surface area contributed by atoms with E-state index in [1.54, 1.807) is 4.90 Å². The summed E-state index contributed by atoms with van der Waals surface area (Å²) in [6, 6.07) is 19.3. The average molecular weight is 419 g/mol. The third kappa shape index (κ3) is 7.23. The van der Waals surface area contributed by atoms with Crippen LogP contribution in [0.2, 0.25) is 0 Å². The maximum absolute atomic E-state index is 12.7. The number of hydrogen-bond acceptors (Lipinski definition) is 4. The first-order valence-electron chi connectivity index (χ1n) is 11.0. The summed E-state index contributed by atoms with van der Waals surface area (Å²) in [5, 5.41) is 11.8. The van der Waals surface area contributed by atoms with Crippen LogP contribution >= 0.6 is 0 Å². The van der Waals surface area contributed by atoms with E-state index >= 15 is 0 Å². The van der Waals surface area contributed by atoms with Gasteiger partial charge in [-0.05, 0) is 55.8 Å². The molecular formula is C25H30N4O2. The van der Waals surface area contributed by atoms with Gasteiger partial charge in [0.25, 0.3) is 0 Å². The first-order valence-corrected chi connectivity index (χ1v) is 11.0. The Balaban J connectivity index is 1.52. The number of benzene rings is 2. The molecule has 1 saturated heterocycles. The van der Waals surface area contributed by atoms with Gasteiger partial charge in [-0.2, -0.15) is 5.26 Å². The summed E-state index contributed by atoms with van der Waals surface area (Å²) in [5.41, 5.74) is 2.69. The number of nitriles is 1. The number of para-hydroxylation sites is 1. The van der Waals surface area contributed by atoms with E-state index in [9.17, 15) is 9.59 Å². The summed E-state index contributed by atoms with van der Waals surface area (Å²) < 4.78 is 0. The molecular weight excluding hydrogens is 388 g/mol. The van der Waals surface area contributed by atoms with Crippen molar-refractivity contribution in [3.05, 3.63) is 60.2 Å². The summed E-state index contributed by atoms with van der Waals surface area (Å²) in [5.74, 6) is -0.341. The number of anilines is 2. The molecule has 162 valence electrons. The molecule has 0 aromatic heterocycles. The molecule has 1 aliphatic rings. The Labute approximate surface area is 184 Å². The zero-order chi connectivity index (χ0) is 21.9. The Kier molecular flexibility index (Phi) is 8.62. The standard InChI is InChI=1S/C25H30N4O2/c26-15-8-18-29(23-11-3-1-4-12-23)25(31)14-13-24(30)27-22-10-7-9-21(19-22)20-28-16-5-2-6-17-28/h1,3-4,7,9-12,19H,2,5-6,8,13-14,16-18,20H2,(H,27,30). The topological polar surface area (TPSA) is 76.4 Å². The van der Waals surface area contributed by atoms with Crippen LogP contribution in [0.25, 0.3) is 0 Å². The first kappa shape index (κ1) is 22.5. The molecule has 31 heavy (non-hydrogen) atoms. The van der Waals surface area contributed by atoms with Crippen molar-refractivity contribution in [1.82, 2.24) is 4.90 Å². The van der Waals surface area contributed by atoms with Crippen LogP contribution in [0.5, 0.6) is 0 Å². The minimum absolute atomic E-state index is 0.0968. The highest BCUT2D eigenvalue weighted by atomic mass is 16.2. The third-order valence-corrected chi connectivity index (χ3v) is 5.45. The maximum atomic E-state index is 12.7. The zero-order valence-corrected chi connectivity index (χ0v) is 17.9. The molecule has 2 aromatic carbocycles. The van der Waals surface area contributed by atoms with Gasteiger partial charge in [0.2, 0.25) is 11.8 Å². The third-order valence-electron chi connectivity index (χ3n) is 5.45. The van der Waals surface area contributed by atoms with E-state index in [0.29, 0.717) is 6.54 Å². The molecule has 1 heterocycles. The normalized spacial score (nSPS) is 13.9. The predicted octanol–water partition coefficient (Wildman–Crippen LogP) is 4.34. The van der Waals surface area contributed by atoms with Crippen LogP contribution in [0.3, 0.4) is 0 Å². The van der Waals surface area contributed by atoms with Crippen molar-refractivity contribution in [3.63, 3.8) is 0 Å². The second-order valence-corrected chi connectivity index (χ2v) is 7.87. The van der Waals surface area contributed by atoms with E-state index in [0.717, 1.165) is 31.0 Å². The molecule has 2 aromatic rings. The van der Waals surface area contributed by atoms with E-state index in [1.807, 2.05) is 48.5 Å². The highest BCUT2D eigenvalue weighted by molar-refractivity contribution is 5.98. The number of carbonyl (C=O) groups is 2. The molecule has 0 unspecified atom stereocenters. The van der Waals surface area contributed by atoms with Crippen LogP contribution in [0.4, 0.5) is 11.4 Å². The number of carbonyl (C=O) groups excluding carboxylic acids is 2. The monoisotopic (exact) mass is 418 g/mol. The van der Waals surface area contributed by atoms with Crippen LogP contribution in [-0.4, -0.2) is 36.3 Å². The summed E-state index contributed by atoms with van der Waals surface area (Å²) >= 11 is 0. The van der Waals surface area contributed by atoms with E-state index in [1.165, 1.54) is 24.8 Å². The number of nitrogens with zero attached hydrogens (tertiary/aromatic N) is 3. The van der Waals surface area contributed by atoms with Gasteiger partial charge in [0.05, 0.1) is 12.5 Å². The molecule has 2 amide bonds. The van der Waals surface area contributed by atoms with Crippen molar-refractivity contribution >= 4 is 23.2 Å². The smallest absolute Gasteiger partial charge is 0.227 e. The van der Waals surface area contributed by atoms with Gasteiger partial charge in [0, 0.05) is 37.3 Å². The number of hydrogen-bond donors (Lipinski definition) is 1. The van der Waals surface area contributed by atoms with E-state index in [2.05, 4.69) is 22.4 Å². The molecule has 1 fully saturated rings. The zero-order valence-electron chi connectivity index (χ0n) is 17.9. The molecule has 6 heteroatoms. The molecule has 1 aliphatic heterocycles.